The van der Waals surface area contributed by atoms with Gasteiger partial charge in [0.15, 0.2) is 5.76 Å². The molecule has 0 spiro atoms. The first-order valence-corrected chi connectivity index (χ1v) is 7.73. The number of piperidine rings is 1. The zero-order chi connectivity index (χ0) is 16.4. The van der Waals surface area contributed by atoms with Crippen molar-refractivity contribution < 1.29 is 19.1 Å². The van der Waals surface area contributed by atoms with Crippen LogP contribution < -0.4 is 0 Å². The van der Waals surface area contributed by atoms with Gasteiger partial charge in [0.2, 0.25) is 0 Å². The van der Waals surface area contributed by atoms with Crippen LogP contribution in [0.2, 0.25) is 0 Å². The molecule has 2 aromatic rings. The highest BCUT2D eigenvalue weighted by molar-refractivity contribution is 5.98. The third-order valence-corrected chi connectivity index (χ3v) is 4.45. The van der Waals surface area contributed by atoms with E-state index in [1.165, 1.54) is 6.26 Å². The van der Waals surface area contributed by atoms with Gasteiger partial charge in [-0.05, 0) is 24.0 Å². The van der Waals surface area contributed by atoms with Crippen molar-refractivity contribution in [2.75, 3.05) is 13.1 Å². The first-order chi connectivity index (χ1) is 11.1. The summed E-state index contributed by atoms with van der Waals surface area (Å²) in [5.41, 5.74) is 1.70. The Labute approximate surface area is 134 Å². The van der Waals surface area contributed by atoms with Gasteiger partial charge in [-0.2, -0.15) is 0 Å². The predicted octanol–water partition coefficient (Wildman–Crippen LogP) is 3.13. The molecule has 1 N–H and O–H groups in total. The average Bonchev–Trinajstić information content (AvgIpc) is 3.04. The van der Waals surface area contributed by atoms with Crippen molar-refractivity contribution in [2.24, 2.45) is 11.8 Å². The van der Waals surface area contributed by atoms with E-state index in [1.807, 2.05) is 37.3 Å². The topological polar surface area (TPSA) is 70.8 Å². The van der Waals surface area contributed by atoms with Crippen LogP contribution in [0.25, 0.3) is 11.1 Å². The lowest BCUT2D eigenvalue weighted by molar-refractivity contribution is -0.145. The fraction of sp³-hybridized carbons (Fsp3) is 0.333. The fourth-order valence-electron chi connectivity index (χ4n) is 3.16. The molecule has 1 fully saturated rings. The molecular formula is C18H19NO4. The number of hydrogen-bond donors (Lipinski definition) is 1. The minimum atomic E-state index is -0.785. The molecule has 1 saturated heterocycles. The summed E-state index contributed by atoms with van der Waals surface area (Å²) in [5.74, 6) is -1.10. The first-order valence-electron chi connectivity index (χ1n) is 7.73. The molecule has 1 aliphatic rings. The van der Waals surface area contributed by atoms with Gasteiger partial charge in [0.1, 0.15) is 0 Å². The summed E-state index contributed by atoms with van der Waals surface area (Å²) < 4.78 is 5.44. The van der Waals surface area contributed by atoms with Crippen LogP contribution in [0.1, 0.15) is 23.9 Å². The summed E-state index contributed by atoms with van der Waals surface area (Å²) in [5, 5.41) is 9.19. The van der Waals surface area contributed by atoms with Crippen LogP contribution >= 0.6 is 0 Å². The Bertz CT molecular complexity index is 707. The van der Waals surface area contributed by atoms with Crippen LogP contribution in [-0.2, 0) is 4.79 Å². The molecule has 1 aromatic heterocycles. The molecule has 3 rings (SSSR count). The second-order valence-electron chi connectivity index (χ2n) is 5.99. The molecule has 2 unspecified atom stereocenters. The van der Waals surface area contributed by atoms with Crippen molar-refractivity contribution >= 4 is 11.9 Å². The number of carbonyl (C=O) groups is 2. The Morgan fingerprint density at radius 1 is 1.22 bits per heavy atom. The van der Waals surface area contributed by atoms with Crippen molar-refractivity contribution in [3.8, 4) is 11.1 Å². The highest BCUT2D eigenvalue weighted by atomic mass is 16.4. The molecule has 0 aliphatic carbocycles. The smallest absolute Gasteiger partial charge is 0.306 e. The van der Waals surface area contributed by atoms with Crippen LogP contribution in [0, 0.1) is 11.8 Å². The van der Waals surface area contributed by atoms with Crippen molar-refractivity contribution in [3.63, 3.8) is 0 Å². The Balaban J connectivity index is 1.80. The van der Waals surface area contributed by atoms with Gasteiger partial charge in [0.05, 0.1) is 12.2 Å². The van der Waals surface area contributed by atoms with Crippen LogP contribution in [0.15, 0.2) is 47.1 Å². The molecule has 5 heteroatoms. The van der Waals surface area contributed by atoms with Gasteiger partial charge in [-0.25, -0.2) is 0 Å². The molecule has 1 aromatic carbocycles. The molecule has 23 heavy (non-hydrogen) atoms. The second-order valence-corrected chi connectivity index (χ2v) is 5.99. The second kappa shape index (κ2) is 6.28. The molecule has 0 saturated carbocycles. The van der Waals surface area contributed by atoms with E-state index in [9.17, 15) is 14.7 Å². The van der Waals surface area contributed by atoms with E-state index in [-0.39, 0.29) is 17.7 Å². The number of hydrogen-bond acceptors (Lipinski definition) is 3. The molecular weight excluding hydrogens is 294 g/mol. The van der Waals surface area contributed by atoms with Gasteiger partial charge in [-0.3, -0.25) is 9.59 Å². The molecule has 0 bridgehead atoms. The summed E-state index contributed by atoms with van der Waals surface area (Å²) in [7, 11) is 0. The van der Waals surface area contributed by atoms with Gasteiger partial charge in [0.25, 0.3) is 5.91 Å². The van der Waals surface area contributed by atoms with E-state index in [0.717, 1.165) is 11.1 Å². The van der Waals surface area contributed by atoms with Crippen LogP contribution in [-0.4, -0.2) is 35.0 Å². The maximum absolute atomic E-state index is 12.8. The third-order valence-electron chi connectivity index (χ3n) is 4.45. The van der Waals surface area contributed by atoms with E-state index in [2.05, 4.69) is 0 Å². The molecule has 5 nitrogen and oxygen atoms in total. The minimum Gasteiger partial charge on any atom is -0.481 e. The monoisotopic (exact) mass is 313 g/mol. The minimum absolute atomic E-state index is 0.0691. The van der Waals surface area contributed by atoms with E-state index in [1.54, 1.807) is 11.0 Å². The largest absolute Gasteiger partial charge is 0.481 e. The SMILES string of the molecule is CC1CN(C(=O)c2occc2-c2ccccc2)CCC1C(=O)O. The number of rotatable bonds is 3. The summed E-state index contributed by atoms with van der Waals surface area (Å²) >= 11 is 0. The molecule has 2 atom stereocenters. The van der Waals surface area contributed by atoms with Crippen molar-refractivity contribution in [1.29, 1.82) is 0 Å². The first kappa shape index (κ1) is 15.3. The standard InChI is InChI=1S/C18H19NO4/c1-12-11-19(9-7-14(12)18(21)22)17(20)16-15(8-10-23-16)13-5-3-2-4-6-13/h2-6,8,10,12,14H,7,9,11H2,1H3,(H,21,22). The molecule has 1 aliphatic heterocycles. The highest BCUT2D eigenvalue weighted by Gasteiger charge is 2.34. The number of likely N-dealkylation sites (tertiary alicyclic amines) is 1. The van der Waals surface area contributed by atoms with Crippen molar-refractivity contribution in [2.45, 2.75) is 13.3 Å². The normalized spacial score (nSPS) is 21.2. The quantitative estimate of drug-likeness (QED) is 0.945. The zero-order valence-corrected chi connectivity index (χ0v) is 12.9. The Morgan fingerprint density at radius 2 is 1.96 bits per heavy atom. The lowest BCUT2D eigenvalue weighted by Gasteiger charge is -2.34. The van der Waals surface area contributed by atoms with Gasteiger partial charge >= 0.3 is 5.97 Å². The highest BCUT2D eigenvalue weighted by Crippen LogP contribution is 2.29. The van der Waals surface area contributed by atoms with Crippen LogP contribution in [0.3, 0.4) is 0 Å². The maximum Gasteiger partial charge on any atom is 0.306 e. The Kier molecular flexibility index (Phi) is 4.19. The number of benzene rings is 1. The lowest BCUT2D eigenvalue weighted by atomic mass is 9.87. The summed E-state index contributed by atoms with van der Waals surface area (Å²) in [6.07, 6.45) is 1.99. The Morgan fingerprint density at radius 3 is 2.61 bits per heavy atom. The molecule has 1 amide bonds. The molecule has 2 heterocycles. The molecule has 120 valence electrons. The fourth-order valence-corrected chi connectivity index (χ4v) is 3.16. The third kappa shape index (κ3) is 2.99. The van der Waals surface area contributed by atoms with E-state index in [0.29, 0.717) is 25.3 Å². The summed E-state index contributed by atoms with van der Waals surface area (Å²) in [6.45, 7) is 2.75. The van der Waals surface area contributed by atoms with Gasteiger partial charge < -0.3 is 14.4 Å². The molecule has 0 radical (unpaired) electrons. The average molecular weight is 313 g/mol. The number of carboxylic acids is 1. The lowest BCUT2D eigenvalue weighted by Crippen LogP contribution is -2.45. The number of aliphatic carboxylic acids is 1. The predicted molar refractivity (Wildman–Crippen MR) is 85.0 cm³/mol. The Hall–Kier alpha value is -2.56. The van der Waals surface area contributed by atoms with Crippen LogP contribution in [0.4, 0.5) is 0 Å². The number of carbonyl (C=O) groups excluding carboxylic acids is 1. The van der Waals surface area contributed by atoms with Crippen LogP contribution in [0.5, 0.6) is 0 Å². The summed E-state index contributed by atoms with van der Waals surface area (Å²) in [4.78, 5) is 25.6. The van der Waals surface area contributed by atoms with Gasteiger partial charge in [-0.15, -0.1) is 0 Å². The van der Waals surface area contributed by atoms with Gasteiger partial charge in [0, 0.05) is 18.7 Å². The number of furan rings is 1. The summed E-state index contributed by atoms with van der Waals surface area (Å²) in [6, 6.07) is 11.4. The maximum atomic E-state index is 12.8. The van der Waals surface area contributed by atoms with Crippen molar-refractivity contribution in [1.82, 2.24) is 4.90 Å². The number of carboxylic acid groups (broad SMARTS) is 1. The van der Waals surface area contributed by atoms with Gasteiger partial charge in [-0.1, -0.05) is 37.3 Å². The van der Waals surface area contributed by atoms with E-state index < -0.39 is 5.97 Å². The van der Waals surface area contributed by atoms with Crippen molar-refractivity contribution in [3.05, 3.63) is 48.4 Å². The zero-order valence-electron chi connectivity index (χ0n) is 12.9. The number of nitrogens with zero attached hydrogens (tertiary/aromatic N) is 1. The van der Waals surface area contributed by atoms with E-state index >= 15 is 0 Å². The van der Waals surface area contributed by atoms with E-state index in [4.69, 9.17) is 4.42 Å². The number of amides is 1.